The van der Waals surface area contributed by atoms with Gasteiger partial charge in [-0.3, -0.25) is 0 Å². The lowest BCUT2D eigenvalue weighted by atomic mass is 9.97. The van der Waals surface area contributed by atoms with Gasteiger partial charge in [-0.1, -0.05) is 164 Å². The molecule has 1 aromatic heterocycles. The molecule has 0 bridgehead atoms. The van der Waals surface area contributed by atoms with Gasteiger partial charge in [0.15, 0.2) is 19.7 Å². The Morgan fingerprint density at radius 3 is 1.45 bits per heavy atom. The monoisotopic (exact) mass is 579 g/mol. The molecule has 1 aliphatic rings. The molecular formula is C40H29N3Si. The predicted molar refractivity (Wildman–Crippen MR) is 183 cm³/mol. The molecule has 7 aromatic rings. The smallest absolute Gasteiger partial charge is 0.180 e. The van der Waals surface area contributed by atoms with E-state index in [-0.39, 0.29) is 0 Å². The number of benzene rings is 6. The van der Waals surface area contributed by atoms with Gasteiger partial charge in [0.05, 0.1) is 0 Å². The van der Waals surface area contributed by atoms with Crippen molar-refractivity contribution in [1.82, 2.24) is 15.0 Å². The molecule has 0 unspecified atom stereocenters. The third-order valence-electron chi connectivity index (χ3n) is 8.66. The first-order valence-electron chi connectivity index (χ1n) is 15.0. The zero-order chi connectivity index (χ0) is 29.3. The maximum atomic E-state index is 5.05. The number of aromatic nitrogens is 3. The van der Waals surface area contributed by atoms with Crippen molar-refractivity contribution >= 4 is 28.8 Å². The summed E-state index contributed by atoms with van der Waals surface area (Å²) in [5.41, 5.74) is 5.84. The average Bonchev–Trinajstić information content (AvgIpc) is 3.42. The van der Waals surface area contributed by atoms with E-state index in [0.29, 0.717) is 18.1 Å². The normalized spacial score (nSPS) is 12.8. The van der Waals surface area contributed by atoms with Crippen LogP contribution in [0.25, 0.3) is 33.9 Å². The van der Waals surface area contributed by atoms with Gasteiger partial charge >= 0.3 is 0 Å². The first-order valence-corrected chi connectivity index (χ1v) is 17.0. The highest BCUT2D eigenvalue weighted by atomic mass is 28.3. The lowest BCUT2D eigenvalue weighted by Gasteiger charge is -2.31. The van der Waals surface area contributed by atoms with Crippen molar-refractivity contribution in [2.75, 3.05) is 0 Å². The van der Waals surface area contributed by atoms with E-state index in [1.165, 1.54) is 37.4 Å². The Morgan fingerprint density at radius 2 is 0.886 bits per heavy atom. The number of rotatable bonds is 6. The van der Waals surface area contributed by atoms with Crippen LogP contribution in [0.1, 0.15) is 11.4 Å². The highest BCUT2D eigenvalue weighted by Crippen LogP contribution is 2.32. The molecule has 0 N–H and O–H groups in total. The van der Waals surface area contributed by atoms with Crippen molar-refractivity contribution in [3.05, 3.63) is 175 Å². The van der Waals surface area contributed by atoms with E-state index < -0.39 is 8.07 Å². The van der Waals surface area contributed by atoms with Crippen molar-refractivity contribution in [3.63, 3.8) is 0 Å². The Bertz CT molecular complexity index is 1980. The van der Waals surface area contributed by atoms with Gasteiger partial charge in [0.2, 0.25) is 0 Å². The van der Waals surface area contributed by atoms with Crippen molar-refractivity contribution in [3.8, 4) is 33.9 Å². The molecule has 208 valence electrons. The van der Waals surface area contributed by atoms with Crippen molar-refractivity contribution in [2.24, 2.45) is 0 Å². The summed E-state index contributed by atoms with van der Waals surface area (Å²) in [5.74, 6) is 2.15. The molecule has 6 aromatic carbocycles. The quantitative estimate of drug-likeness (QED) is 0.222. The molecule has 3 nitrogen and oxygen atoms in total. The Kier molecular flexibility index (Phi) is 6.54. The van der Waals surface area contributed by atoms with E-state index >= 15 is 0 Å². The van der Waals surface area contributed by atoms with Crippen LogP contribution in [0.3, 0.4) is 0 Å². The van der Waals surface area contributed by atoms with Crippen LogP contribution in [-0.4, -0.2) is 23.0 Å². The maximum absolute atomic E-state index is 5.05. The van der Waals surface area contributed by atoms with Crippen LogP contribution in [-0.2, 0) is 6.42 Å². The Labute approximate surface area is 258 Å². The van der Waals surface area contributed by atoms with E-state index in [0.717, 1.165) is 17.0 Å². The Hall–Kier alpha value is -5.45. The van der Waals surface area contributed by atoms with Crippen molar-refractivity contribution in [2.45, 2.75) is 6.42 Å². The highest BCUT2D eigenvalue weighted by molar-refractivity contribution is 7.22. The molecule has 2 heterocycles. The molecule has 0 saturated carbocycles. The van der Waals surface area contributed by atoms with Gasteiger partial charge in [0, 0.05) is 17.5 Å². The fourth-order valence-corrected chi connectivity index (χ4v) is 12.0. The van der Waals surface area contributed by atoms with Gasteiger partial charge in [0.25, 0.3) is 0 Å². The van der Waals surface area contributed by atoms with E-state index in [1.54, 1.807) is 0 Å². The molecule has 0 aliphatic carbocycles. The summed E-state index contributed by atoms with van der Waals surface area (Å²) in [6.07, 6.45) is 0.605. The molecule has 0 saturated heterocycles. The summed E-state index contributed by atoms with van der Waals surface area (Å²) in [7, 11) is -2.55. The van der Waals surface area contributed by atoms with Crippen LogP contribution in [0.4, 0.5) is 0 Å². The largest absolute Gasteiger partial charge is 0.213 e. The minimum Gasteiger partial charge on any atom is -0.213 e. The SMILES string of the molecule is c1ccc(-c2nc(Cc3cccc4c3-c3ccccc3[Si]4(c3ccccc3)c3ccccc3)nc(-c3ccccc3)n2)cc1. The van der Waals surface area contributed by atoms with Crippen molar-refractivity contribution in [1.29, 1.82) is 0 Å². The number of fused-ring (bicyclic) bond motifs is 3. The molecule has 0 amide bonds. The highest BCUT2D eigenvalue weighted by Gasteiger charge is 2.49. The standard InChI is InChI=1S/C40H29N3Si/c1-5-16-29(17-6-1)39-41-37(42-40(43-39)30-18-7-2-8-19-30)28-31-20-15-27-36-38(31)34-25-13-14-26-35(34)44(36,32-21-9-3-10-22-32)33-23-11-4-12-24-33/h1-27H,28H2. The second-order valence-electron chi connectivity index (χ2n) is 11.2. The molecule has 1 aliphatic heterocycles. The topological polar surface area (TPSA) is 38.7 Å². The minimum atomic E-state index is -2.55. The van der Waals surface area contributed by atoms with E-state index in [2.05, 4.69) is 127 Å². The fraction of sp³-hybridized carbons (Fsp3) is 0.0250. The second kappa shape index (κ2) is 11.0. The summed E-state index contributed by atoms with van der Waals surface area (Å²) in [5, 5.41) is 5.65. The number of hydrogen-bond donors (Lipinski definition) is 0. The first kappa shape index (κ1) is 26.2. The zero-order valence-corrected chi connectivity index (χ0v) is 25.1. The van der Waals surface area contributed by atoms with Crippen LogP contribution in [0.2, 0.25) is 0 Å². The van der Waals surface area contributed by atoms with Gasteiger partial charge in [-0.2, -0.15) is 0 Å². The van der Waals surface area contributed by atoms with Crippen LogP contribution in [0, 0.1) is 0 Å². The summed E-state index contributed by atoms with van der Waals surface area (Å²) >= 11 is 0. The molecule has 0 radical (unpaired) electrons. The van der Waals surface area contributed by atoms with E-state index in [9.17, 15) is 0 Å². The fourth-order valence-electron chi connectivity index (χ4n) is 6.82. The molecule has 44 heavy (non-hydrogen) atoms. The Morgan fingerprint density at radius 1 is 0.409 bits per heavy atom. The maximum Gasteiger partial charge on any atom is 0.180 e. The molecular weight excluding hydrogens is 551 g/mol. The summed E-state index contributed by atoms with van der Waals surface area (Å²) in [4.78, 5) is 15.0. The van der Waals surface area contributed by atoms with Crippen LogP contribution in [0.15, 0.2) is 164 Å². The van der Waals surface area contributed by atoms with Gasteiger partial charge in [0.1, 0.15) is 5.82 Å². The third kappa shape index (κ3) is 4.31. The first-order chi connectivity index (χ1) is 21.8. The Balaban J connectivity index is 1.35. The predicted octanol–water partition coefficient (Wildman–Crippen LogP) is 6.15. The molecule has 4 heteroatoms. The average molecular weight is 580 g/mol. The summed E-state index contributed by atoms with van der Waals surface area (Å²) in [6, 6.07) is 58.5. The number of hydrogen-bond acceptors (Lipinski definition) is 3. The van der Waals surface area contributed by atoms with Crippen LogP contribution < -0.4 is 20.7 Å². The van der Waals surface area contributed by atoms with Gasteiger partial charge < -0.3 is 0 Å². The summed E-state index contributed by atoms with van der Waals surface area (Å²) < 4.78 is 0. The lowest BCUT2D eigenvalue weighted by molar-refractivity contribution is 0.934. The number of nitrogens with zero attached hydrogens (tertiary/aromatic N) is 3. The summed E-state index contributed by atoms with van der Waals surface area (Å²) in [6.45, 7) is 0. The second-order valence-corrected chi connectivity index (χ2v) is 14.9. The molecule has 8 rings (SSSR count). The minimum absolute atomic E-state index is 0.605. The van der Waals surface area contributed by atoms with E-state index in [4.69, 9.17) is 15.0 Å². The van der Waals surface area contributed by atoms with Gasteiger partial charge in [-0.25, -0.2) is 15.0 Å². The van der Waals surface area contributed by atoms with E-state index in [1.807, 2.05) is 36.4 Å². The lowest BCUT2D eigenvalue weighted by Crippen LogP contribution is -2.72. The molecule has 0 spiro atoms. The van der Waals surface area contributed by atoms with Gasteiger partial charge in [-0.05, 0) is 37.4 Å². The van der Waals surface area contributed by atoms with Gasteiger partial charge in [-0.15, -0.1) is 0 Å². The molecule has 0 atom stereocenters. The van der Waals surface area contributed by atoms with Crippen LogP contribution >= 0.6 is 0 Å². The zero-order valence-electron chi connectivity index (χ0n) is 24.1. The molecule has 0 fully saturated rings. The third-order valence-corrected chi connectivity index (χ3v) is 13.5. The van der Waals surface area contributed by atoms with Crippen LogP contribution in [0.5, 0.6) is 0 Å². The van der Waals surface area contributed by atoms with Crippen molar-refractivity contribution < 1.29 is 0 Å².